The molecule has 0 aromatic heterocycles. The third-order valence-corrected chi connectivity index (χ3v) is 4.78. The predicted octanol–water partition coefficient (Wildman–Crippen LogP) is 1.86. The highest BCUT2D eigenvalue weighted by molar-refractivity contribution is 8.03. The summed E-state index contributed by atoms with van der Waals surface area (Å²) in [5.74, 6) is -0.781. The second-order valence-corrected chi connectivity index (χ2v) is 5.75. The van der Waals surface area contributed by atoms with Crippen LogP contribution in [-0.4, -0.2) is 28.9 Å². The molecule has 92 valence electrons. The summed E-state index contributed by atoms with van der Waals surface area (Å²) in [6.45, 7) is 1.74. The molecule has 2 heterocycles. The lowest BCUT2D eigenvalue weighted by atomic mass is 9.94. The number of carbonyl (C=O) groups excluding carboxylic acids is 3. The number of thioether (sulfide) groups is 1. The minimum atomic E-state index is -1.10. The number of carbonyl (C=O) groups is 3. The molecular formula is C13H10O4S. The molecule has 0 radical (unpaired) electrons. The van der Waals surface area contributed by atoms with Gasteiger partial charge in [0.2, 0.25) is 0 Å². The molecule has 5 heteroatoms. The summed E-state index contributed by atoms with van der Waals surface area (Å²) in [5, 5.41) is 0. The molecule has 0 amide bonds. The van der Waals surface area contributed by atoms with Gasteiger partial charge in [-0.1, -0.05) is 17.8 Å². The Kier molecular flexibility index (Phi) is 2.35. The second kappa shape index (κ2) is 3.68. The molecule has 0 bridgehead atoms. The van der Waals surface area contributed by atoms with E-state index in [1.807, 2.05) is 0 Å². The Morgan fingerprint density at radius 2 is 2.17 bits per heavy atom. The van der Waals surface area contributed by atoms with Crippen molar-refractivity contribution in [3.05, 3.63) is 29.3 Å². The SMILES string of the molecule is CC(=O)c1ccc2c(c1)C(=O)C1(CCOC1=O)S2. The summed E-state index contributed by atoms with van der Waals surface area (Å²) >= 11 is 1.25. The van der Waals surface area contributed by atoms with Crippen LogP contribution < -0.4 is 0 Å². The largest absolute Gasteiger partial charge is 0.464 e. The van der Waals surface area contributed by atoms with Crippen LogP contribution in [0.2, 0.25) is 0 Å². The van der Waals surface area contributed by atoms with E-state index in [1.54, 1.807) is 18.2 Å². The van der Waals surface area contributed by atoms with E-state index in [-0.39, 0.29) is 18.2 Å². The first-order valence-electron chi connectivity index (χ1n) is 5.61. The minimum Gasteiger partial charge on any atom is -0.464 e. The smallest absolute Gasteiger partial charge is 0.330 e. The highest BCUT2D eigenvalue weighted by Crippen LogP contribution is 2.50. The molecule has 2 aliphatic rings. The van der Waals surface area contributed by atoms with Gasteiger partial charge >= 0.3 is 5.97 Å². The van der Waals surface area contributed by atoms with Gasteiger partial charge in [-0.15, -0.1) is 0 Å². The molecule has 0 saturated carbocycles. The molecule has 3 rings (SSSR count). The van der Waals surface area contributed by atoms with Gasteiger partial charge in [-0.2, -0.15) is 0 Å². The summed E-state index contributed by atoms with van der Waals surface area (Å²) in [4.78, 5) is 36.2. The van der Waals surface area contributed by atoms with E-state index in [2.05, 4.69) is 0 Å². The standard InChI is InChI=1S/C13H10O4S/c1-7(14)8-2-3-10-9(6-8)11(15)13(18-10)4-5-17-12(13)16/h2-3,6H,4-5H2,1H3. The zero-order valence-corrected chi connectivity index (χ0v) is 10.5. The molecular weight excluding hydrogens is 252 g/mol. The fourth-order valence-corrected chi connectivity index (χ4v) is 3.58. The molecule has 1 unspecified atom stereocenters. The first-order chi connectivity index (χ1) is 8.54. The van der Waals surface area contributed by atoms with Crippen LogP contribution in [0.4, 0.5) is 0 Å². The van der Waals surface area contributed by atoms with Gasteiger partial charge in [0.1, 0.15) is 0 Å². The van der Waals surface area contributed by atoms with Crippen molar-refractivity contribution in [3.63, 3.8) is 0 Å². The van der Waals surface area contributed by atoms with E-state index < -0.39 is 10.7 Å². The summed E-state index contributed by atoms with van der Waals surface area (Å²) < 4.78 is 3.82. The molecule has 1 atom stereocenters. The number of fused-ring (bicyclic) bond motifs is 1. The Hall–Kier alpha value is -1.62. The van der Waals surface area contributed by atoms with Gasteiger partial charge in [0.15, 0.2) is 16.3 Å². The topological polar surface area (TPSA) is 60.4 Å². The van der Waals surface area contributed by atoms with Crippen molar-refractivity contribution in [2.24, 2.45) is 0 Å². The number of ketones is 2. The number of esters is 1. The lowest BCUT2D eigenvalue weighted by Gasteiger charge is -2.13. The van der Waals surface area contributed by atoms with Crippen LogP contribution in [0, 0.1) is 0 Å². The molecule has 2 aliphatic heterocycles. The number of ether oxygens (including phenoxy) is 1. The first kappa shape index (κ1) is 11.5. The zero-order chi connectivity index (χ0) is 12.9. The maximum absolute atomic E-state index is 12.4. The second-order valence-electron chi connectivity index (χ2n) is 4.41. The minimum absolute atomic E-state index is 0.0921. The third kappa shape index (κ3) is 1.37. The Morgan fingerprint density at radius 3 is 2.78 bits per heavy atom. The van der Waals surface area contributed by atoms with Gasteiger partial charge in [-0.3, -0.25) is 14.4 Å². The van der Waals surface area contributed by atoms with Crippen LogP contribution in [0.1, 0.15) is 34.1 Å². The van der Waals surface area contributed by atoms with Crippen LogP contribution in [-0.2, 0) is 9.53 Å². The quantitative estimate of drug-likeness (QED) is 0.439. The normalized spacial score (nSPS) is 25.4. The fraction of sp³-hybridized carbons (Fsp3) is 0.308. The maximum atomic E-state index is 12.4. The number of rotatable bonds is 1. The Labute approximate surface area is 108 Å². The van der Waals surface area contributed by atoms with Gasteiger partial charge in [-0.05, 0) is 19.1 Å². The molecule has 1 aromatic carbocycles. The monoisotopic (exact) mass is 262 g/mol. The van der Waals surface area contributed by atoms with E-state index in [1.165, 1.54) is 18.7 Å². The van der Waals surface area contributed by atoms with E-state index in [4.69, 9.17) is 4.74 Å². The molecule has 1 spiro atoms. The van der Waals surface area contributed by atoms with Gasteiger partial charge in [0.05, 0.1) is 6.61 Å². The van der Waals surface area contributed by atoms with Gasteiger partial charge < -0.3 is 4.74 Å². The molecule has 18 heavy (non-hydrogen) atoms. The Bertz CT molecular complexity index is 593. The van der Waals surface area contributed by atoms with Crippen LogP contribution in [0.15, 0.2) is 23.1 Å². The van der Waals surface area contributed by atoms with Crippen molar-refractivity contribution in [1.29, 1.82) is 0 Å². The van der Waals surface area contributed by atoms with E-state index >= 15 is 0 Å². The average molecular weight is 262 g/mol. The average Bonchev–Trinajstić information content (AvgIpc) is 2.83. The lowest BCUT2D eigenvalue weighted by molar-refractivity contribution is -0.138. The van der Waals surface area contributed by atoms with Gasteiger partial charge in [0.25, 0.3) is 0 Å². The summed E-state index contributed by atoms with van der Waals surface area (Å²) in [6.07, 6.45) is 0.402. The number of hydrogen-bond donors (Lipinski definition) is 0. The van der Waals surface area contributed by atoms with E-state index in [0.717, 1.165) is 4.90 Å². The Balaban J connectivity index is 2.10. The van der Waals surface area contributed by atoms with Crippen molar-refractivity contribution in [2.45, 2.75) is 23.0 Å². The number of benzene rings is 1. The summed E-state index contributed by atoms with van der Waals surface area (Å²) in [7, 11) is 0. The molecule has 0 N–H and O–H groups in total. The molecule has 1 aromatic rings. The van der Waals surface area contributed by atoms with Crippen molar-refractivity contribution < 1.29 is 19.1 Å². The predicted molar refractivity (Wildman–Crippen MR) is 64.9 cm³/mol. The highest BCUT2D eigenvalue weighted by atomic mass is 32.2. The molecule has 0 aliphatic carbocycles. The number of hydrogen-bond acceptors (Lipinski definition) is 5. The van der Waals surface area contributed by atoms with Crippen molar-refractivity contribution >= 4 is 29.3 Å². The van der Waals surface area contributed by atoms with E-state index in [9.17, 15) is 14.4 Å². The van der Waals surface area contributed by atoms with Crippen LogP contribution in [0.5, 0.6) is 0 Å². The van der Waals surface area contributed by atoms with Crippen LogP contribution in [0.3, 0.4) is 0 Å². The molecule has 1 fully saturated rings. The third-order valence-electron chi connectivity index (χ3n) is 3.30. The van der Waals surface area contributed by atoms with Crippen LogP contribution >= 0.6 is 11.8 Å². The van der Waals surface area contributed by atoms with Crippen LogP contribution in [0.25, 0.3) is 0 Å². The van der Waals surface area contributed by atoms with Crippen molar-refractivity contribution in [2.75, 3.05) is 6.61 Å². The number of Topliss-reactive ketones (excluding diaryl/α,β-unsaturated/α-hetero) is 2. The molecule has 4 nitrogen and oxygen atoms in total. The van der Waals surface area contributed by atoms with Crippen molar-refractivity contribution in [1.82, 2.24) is 0 Å². The van der Waals surface area contributed by atoms with Gasteiger partial charge in [0, 0.05) is 22.4 Å². The number of cyclic esters (lactones) is 1. The van der Waals surface area contributed by atoms with Gasteiger partial charge in [-0.25, -0.2) is 0 Å². The van der Waals surface area contributed by atoms with Crippen molar-refractivity contribution in [3.8, 4) is 0 Å². The Morgan fingerprint density at radius 1 is 1.39 bits per heavy atom. The van der Waals surface area contributed by atoms with E-state index in [0.29, 0.717) is 17.5 Å². The summed E-state index contributed by atoms with van der Waals surface area (Å²) in [5.41, 5.74) is 0.956. The highest BCUT2D eigenvalue weighted by Gasteiger charge is 2.56. The zero-order valence-electron chi connectivity index (χ0n) is 9.69. The lowest BCUT2D eigenvalue weighted by Crippen LogP contribution is -2.36. The maximum Gasteiger partial charge on any atom is 0.330 e. The first-order valence-corrected chi connectivity index (χ1v) is 6.42. The molecule has 1 saturated heterocycles. The fourth-order valence-electron chi connectivity index (χ4n) is 2.27. The summed E-state index contributed by atoms with van der Waals surface area (Å²) in [6, 6.07) is 4.99.